The van der Waals surface area contributed by atoms with Crippen LogP contribution in [0.4, 0.5) is 16.2 Å². The summed E-state index contributed by atoms with van der Waals surface area (Å²) in [4.78, 5) is 26.1. The average molecular weight is 337 g/mol. The van der Waals surface area contributed by atoms with E-state index in [0.29, 0.717) is 18.9 Å². The van der Waals surface area contributed by atoms with E-state index in [2.05, 4.69) is 24.5 Å². The Hall–Kier alpha value is -2.82. The zero-order valence-corrected chi connectivity index (χ0v) is 14.5. The van der Waals surface area contributed by atoms with Crippen LogP contribution >= 0.6 is 0 Å². The van der Waals surface area contributed by atoms with Crippen molar-refractivity contribution in [3.8, 4) is 0 Å². The molecule has 1 saturated heterocycles. The number of para-hydroxylation sites is 1. The van der Waals surface area contributed by atoms with Gasteiger partial charge in [0.05, 0.1) is 6.04 Å². The van der Waals surface area contributed by atoms with Crippen LogP contribution in [0.25, 0.3) is 0 Å². The van der Waals surface area contributed by atoms with Crippen LogP contribution < -0.4 is 15.5 Å². The van der Waals surface area contributed by atoms with Gasteiger partial charge in [-0.15, -0.1) is 0 Å². The minimum absolute atomic E-state index is 0.0257. The first-order valence-corrected chi connectivity index (χ1v) is 8.56. The third kappa shape index (κ3) is 4.18. The molecule has 0 radical (unpaired) electrons. The van der Waals surface area contributed by atoms with E-state index in [0.717, 1.165) is 11.4 Å². The monoisotopic (exact) mass is 337 g/mol. The van der Waals surface area contributed by atoms with Crippen molar-refractivity contribution in [3.05, 3.63) is 60.2 Å². The summed E-state index contributed by atoms with van der Waals surface area (Å²) in [6, 6.07) is 16.8. The highest BCUT2D eigenvalue weighted by molar-refractivity contribution is 5.97. The molecule has 5 heteroatoms. The van der Waals surface area contributed by atoms with Gasteiger partial charge in [0.2, 0.25) is 5.91 Å². The van der Waals surface area contributed by atoms with Crippen LogP contribution in [0.15, 0.2) is 54.6 Å². The summed E-state index contributed by atoms with van der Waals surface area (Å²) < 4.78 is 0. The van der Waals surface area contributed by atoms with Gasteiger partial charge >= 0.3 is 6.03 Å². The highest BCUT2D eigenvalue weighted by atomic mass is 16.2. The number of rotatable bonds is 4. The van der Waals surface area contributed by atoms with E-state index in [4.69, 9.17) is 0 Å². The van der Waals surface area contributed by atoms with Crippen molar-refractivity contribution in [2.24, 2.45) is 0 Å². The second-order valence-electron chi connectivity index (χ2n) is 6.62. The maximum Gasteiger partial charge on any atom is 0.319 e. The number of hydrogen-bond acceptors (Lipinski definition) is 2. The lowest BCUT2D eigenvalue weighted by Gasteiger charge is -2.17. The van der Waals surface area contributed by atoms with Crippen LogP contribution in [0, 0.1) is 0 Å². The van der Waals surface area contributed by atoms with Crippen LogP contribution in [0.2, 0.25) is 0 Å². The molecule has 1 aliphatic rings. The van der Waals surface area contributed by atoms with Gasteiger partial charge in [-0.25, -0.2) is 4.79 Å². The maximum atomic E-state index is 12.2. The number of nitrogens with one attached hydrogen (secondary N) is 2. The van der Waals surface area contributed by atoms with Crippen LogP contribution in [-0.2, 0) is 4.79 Å². The van der Waals surface area contributed by atoms with Crippen LogP contribution in [0.1, 0.15) is 31.7 Å². The van der Waals surface area contributed by atoms with Crippen molar-refractivity contribution < 1.29 is 9.59 Å². The average Bonchev–Trinajstić information content (AvgIpc) is 2.96. The summed E-state index contributed by atoms with van der Waals surface area (Å²) in [6.07, 6.45) is 0.314. The predicted molar refractivity (Wildman–Crippen MR) is 99.9 cm³/mol. The van der Waals surface area contributed by atoms with Gasteiger partial charge in [0.25, 0.3) is 0 Å². The molecule has 1 heterocycles. The molecule has 0 saturated carbocycles. The van der Waals surface area contributed by atoms with E-state index in [-0.39, 0.29) is 18.0 Å². The second-order valence-corrected chi connectivity index (χ2v) is 6.62. The summed E-state index contributed by atoms with van der Waals surface area (Å²) in [5.74, 6) is 0.481. The summed E-state index contributed by atoms with van der Waals surface area (Å²) in [6.45, 7) is 4.75. The molecule has 0 aromatic heterocycles. The van der Waals surface area contributed by atoms with E-state index >= 15 is 0 Å². The number of carbonyl (C=O) groups is 2. The lowest BCUT2D eigenvalue weighted by atomic mass is 10.0. The van der Waals surface area contributed by atoms with Crippen LogP contribution in [-0.4, -0.2) is 24.5 Å². The summed E-state index contributed by atoms with van der Waals surface area (Å²) in [5, 5.41) is 5.71. The molecule has 5 nitrogen and oxygen atoms in total. The Labute approximate surface area is 148 Å². The third-order valence-electron chi connectivity index (χ3n) is 4.36. The summed E-state index contributed by atoms with van der Waals surface area (Å²) in [5.41, 5.74) is 2.83. The first-order valence-electron chi connectivity index (χ1n) is 8.56. The van der Waals surface area contributed by atoms with Gasteiger partial charge in [-0.05, 0) is 35.7 Å². The molecule has 1 aliphatic heterocycles. The SMILES string of the molecule is CC(C)c1ccc(NC(=O)N[C@@H]2CC(=O)N(c3ccccc3)C2)cc1. The van der Waals surface area contributed by atoms with Crippen molar-refractivity contribution >= 4 is 23.3 Å². The normalized spacial score (nSPS) is 17.0. The molecule has 25 heavy (non-hydrogen) atoms. The van der Waals surface area contributed by atoms with E-state index in [1.165, 1.54) is 5.56 Å². The number of benzene rings is 2. The highest BCUT2D eigenvalue weighted by Crippen LogP contribution is 2.21. The molecule has 3 amide bonds. The lowest BCUT2D eigenvalue weighted by molar-refractivity contribution is -0.117. The van der Waals surface area contributed by atoms with Gasteiger partial charge in [-0.3, -0.25) is 4.79 Å². The summed E-state index contributed by atoms with van der Waals surface area (Å²) in [7, 11) is 0. The van der Waals surface area contributed by atoms with Crippen molar-refractivity contribution in [1.29, 1.82) is 0 Å². The first-order chi connectivity index (χ1) is 12.0. The topological polar surface area (TPSA) is 61.4 Å². The molecule has 2 aromatic carbocycles. The standard InChI is InChI=1S/C20H23N3O2/c1-14(2)15-8-10-16(11-9-15)21-20(25)22-17-12-19(24)23(13-17)18-6-4-3-5-7-18/h3-11,14,17H,12-13H2,1-2H3,(H2,21,22,25)/t17-/m1/s1. The number of carbonyl (C=O) groups excluding carboxylic acids is 2. The Morgan fingerprint density at radius 3 is 2.40 bits per heavy atom. The van der Waals surface area contributed by atoms with E-state index in [9.17, 15) is 9.59 Å². The van der Waals surface area contributed by atoms with Crippen molar-refractivity contribution in [2.45, 2.75) is 32.2 Å². The van der Waals surface area contributed by atoms with Crippen molar-refractivity contribution in [1.82, 2.24) is 5.32 Å². The summed E-state index contributed by atoms with van der Waals surface area (Å²) >= 11 is 0. The fourth-order valence-electron chi connectivity index (χ4n) is 2.97. The number of urea groups is 1. The van der Waals surface area contributed by atoms with Gasteiger partial charge in [-0.1, -0.05) is 44.2 Å². The Balaban J connectivity index is 1.56. The number of anilines is 2. The highest BCUT2D eigenvalue weighted by Gasteiger charge is 2.31. The van der Waals surface area contributed by atoms with Gasteiger partial charge in [0.1, 0.15) is 0 Å². The minimum atomic E-state index is -0.287. The lowest BCUT2D eigenvalue weighted by Crippen LogP contribution is -2.39. The Morgan fingerprint density at radius 2 is 1.76 bits per heavy atom. The molecule has 0 aliphatic carbocycles. The smallest absolute Gasteiger partial charge is 0.319 e. The van der Waals surface area contributed by atoms with Gasteiger partial charge in [0, 0.05) is 24.3 Å². The molecule has 2 N–H and O–H groups in total. The molecule has 2 aromatic rings. The maximum absolute atomic E-state index is 12.2. The molecule has 3 rings (SSSR count). The van der Waals surface area contributed by atoms with Crippen molar-refractivity contribution in [3.63, 3.8) is 0 Å². The third-order valence-corrected chi connectivity index (χ3v) is 4.36. The van der Waals surface area contributed by atoms with Gasteiger partial charge in [0.15, 0.2) is 0 Å². The Kier molecular flexibility index (Phi) is 5.03. The quantitative estimate of drug-likeness (QED) is 0.893. The molecular formula is C20H23N3O2. The predicted octanol–water partition coefficient (Wildman–Crippen LogP) is 3.74. The molecule has 0 unspecified atom stereocenters. The molecule has 0 spiro atoms. The largest absolute Gasteiger partial charge is 0.333 e. The Morgan fingerprint density at radius 1 is 1.08 bits per heavy atom. The first kappa shape index (κ1) is 17.0. The molecule has 130 valence electrons. The number of hydrogen-bond donors (Lipinski definition) is 2. The minimum Gasteiger partial charge on any atom is -0.333 e. The molecule has 1 atom stereocenters. The number of amides is 3. The fraction of sp³-hybridized carbons (Fsp3) is 0.300. The number of nitrogens with zero attached hydrogens (tertiary/aromatic N) is 1. The van der Waals surface area contributed by atoms with Crippen LogP contribution in [0.3, 0.4) is 0 Å². The van der Waals surface area contributed by atoms with E-state index in [1.54, 1.807) is 4.90 Å². The van der Waals surface area contributed by atoms with E-state index < -0.39 is 0 Å². The van der Waals surface area contributed by atoms with Gasteiger partial charge in [-0.2, -0.15) is 0 Å². The zero-order valence-electron chi connectivity index (χ0n) is 14.5. The Bertz CT molecular complexity index is 741. The fourth-order valence-corrected chi connectivity index (χ4v) is 2.97. The molecule has 0 bridgehead atoms. The second kappa shape index (κ2) is 7.38. The van der Waals surface area contributed by atoms with Gasteiger partial charge < -0.3 is 15.5 Å². The zero-order chi connectivity index (χ0) is 17.8. The molecular weight excluding hydrogens is 314 g/mol. The van der Waals surface area contributed by atoms with Crippen molar-refractivity contribution in [2.75, 3.05) is 16.8 Å². The van der Waals surface area contributed by atoms with Crippen LogP contribution in [0.5, 0.6) is 0 Å². The van der Waals surface area contributed by atoms with E-state index in [1.807, 2.05) is 54.6 Å². The molecule has 1 fully saturated rings.